The molecule has 0 saturated heterocycles. The van der Waals surface area contributed by atoms with Gasteiger partial charge in [0, 0.05) is 29.3 Å². The lowest BCUT2D eigenvalue weighted by molar-refractivity contribution is 0.392. The first kappa shape index (κ1) is 17.8. The van der Waals surface area contributed by atoms with Crippen LogP contribution in [0.1, 0.15) is 23.8 Å². The molecule has 6 heteroatoms. The Bertz CT molecular complexity index is 902. The molecule has 3 aromatic rings. The van der Waals surface area contributed by atoms with Gasteiger partial charge in [0.25, 0.3) is 0 Å². The van der Waals surface area contributed by atoms with Gasteiger partial charge in [-0.1, -0.05) is 24.3 Å². The van der Waals surface area contributed by atoms with Crippen molar-refractivity contribution in [3.63, 3.8) is 0 Å². The van der Waals surface area contributed by atoms with E-state index in [2.05, 4.69) is 33.6 Å². The van der Waals surface area contributed by atoms with E-state index in [1.165, 1.54) is 0 Å². The van der Waals surface area contributed by atoms with E-state index in [0.717, 1.165) is 40.4 Å². The molecule has 136 valence electrons. The largest absolute Gasteiger partial charge is 0.481 e. The number of fused-ring (bicyclic) bond motifs is 1. The Labute approximate surface area is 153 Å². The highest BCUT2D eigenvalue weighted by atomic mass is 16.5. The SMILES string of the molecule is CCNC(=NCc1cccnc1OC)NCc1oc2ccccc2c1C. The summed E-state index contributed by atoms with van der Waals surface area (Å²) >= 11 is 0. The molecule has 0 unspecified atom stereocenters. The van der Waals surface area contributed by atoms with Crippen LogP contribution in [0.3, 0.4) is 0 Å². The maximum Gasteiger partial charge on any atom is 0.218 e. The van der Waals surface area contributed by atoms with Gasteiger partial charge in [0.15, 0.2) is 5.96 Å². The first-order chi connectivity index (χ1) is 12.7. The van der Waals surface area contributed by atoms with Crippen molar-refractivity contribution in [3.8, 4) is 5.88 Å². The maximum atomic E-state index is 5.95. The van der Waals surface area contributed by atoms with E-state index in [-0.39, 0.29) is 0 Å². The Hall–Kier alpha value is -3.02. The van der Waals surface area contributed by atoms with E-state index in [4.69, 9.17) is 9.15 Å². The fourth-order valence-electron chi connectivity index (χ4n) is 2.79. The number of nitrogens with zero attached hydrogens (tertiary/aromatic N) is 2. The summed E-state index contributed by atoms with van der Waals surface area (Å²) in [5.41, 5.74) is 2.99. The molecular formula is C20H24N4O2. The summed E-state index contributed by atoms with van der Waals surface area (Å²) in [6, 6.07) is 11.9. The number of rotatable bonds is 6. The number of benzene rings is 1. The minimum atomic E-state index is 0.478. The number of pyridine rings is 1. The standard InChI is InChI=1S/C20H24N4O2/c1-4-21-20(23-12-15-8-7-11-22-19(15)25-3)24-13-18-14(2)16-9-5-6-10-17(16)26-18/h5-11H,4,12-13H2,1-3H3,(H2,21,23,24). The number of aliphatic imine (C=N–C) groups is 1. The zero-order valence-electron chi connectivity index (χ0n) is 15.4. The van der Waals surface area contributed by atoms with Crippen molar-refractivity contribution in [2.45, 2.75) is 26.9 Å². The van der Waals surface area contributed by atoms with Crippen LogP contribution in [0.15, 0.2) is 52.0 Å². The highest BCUT2D eigenvalue weighted by Gasteiger charge is 2.10. The van der Waals surface area contributed by atoms with Crippen molar-refractivity contribution in [2.75, 3.05) is 13.7 Å². The molecule has 0 aliphatic rings. The van der Waals surface area contributed by atoms with Crippen LogP contribution in [0.25, 0.3) is 11.0 Å². The number of guanidine groups is 1. The molecule has 1 aromatic carbocycles. The van der Waals surface area contributed by atoms with E-state index in [9.17, 15) is 0 Å². The monoisotopic (exact) mass is 352 g/mol. The summed E-state index contributed by atoms with van der Waals surface area (Å²) in [7, 11) is 1.61. The van der Waals surface area contributed by atoms with Gasteiger partial charge >= 0.3 is 0 Å². The van der Waals surface area contributed by atoms with Crippen molar-refractivity contribution in [1.82, 2.24) is 15.6 Å². The summed E-state index contributed by atoms with van der Waals surface area (Å²) in [5.74, 6) is 2.23. The van der Waals surface area contributed by atoms with Crippen molar-refractivity contribution in [1.29, 1.82) is 0 Å². The Morgan fingerprint density at radius 3 is 2.81 bits per heavy atom. The van der Waals surface area contributed by atoms with E-state index in [1.807, 2.05) is 37.3 Å². The average molecular weight is 352 g/mol. The Balaban J connectivity index is 1.72. The number of ether oxygens (including phenoxy) is 1. The van der Waals surface area contributed by atoms with Gasteiger partial charge < -0.3 is 19.8 Å². The number of aryl methyl sites for hydroxylation is 1. The molecule has 0 aliphatic heterocycles. The van der Waals surface area contributed by atoms with Crippen molar-refractivity contribution in [2.24, 2.45) is 4.99 Å². The number of furan rings is 1. The molecule has 6 nitrogen and oxygen atoms in total. The minimum Gasteiger partial charge on any atom is -0.481 e. The molecule has 0 bridgehead atoms. The topological polar surface area (TPSA) is 71.7 Å². The van der Waals surface area contributed by atoms with Crippen molar-refractivity contribution < 1.29 is 9.15 Å². The molecule has 0 saturated carbocycles. The predicted octanol–water partition coefficient (Wildman–Crippen LogP) is 3.40. The van der Waals surface area contributed by atoms with Gasteiger partial charge in [0.1, 0.15) is 11.3 Å². The molecule has 26 heavy (non-hydrogen) atoms. The summed E-state index contributed by atoms with van der Waals surface area (Å²) in [4.78, 5) is 8.83. The third-order valence-electron chi connectivity index (χ3n) is 4.15. The van der Waals surface area contributed by atoms with E-state index >= 15 is 0 Å². The molecule has 2 N–H and O–H groups in total. The second-order valence-corrected chi connectivity index (χ2v) is 5.87. The zero-order valence-corrected chi connectivity index (χ0v) is 15.4. The first-order valence-electron chi connectivity index (χ1n) is 8.70. The molecule has 0 spiro atoms. The second kappa shape index (κ2) is 8.38. The lowest BCUT2D eigenvalue weighted by Crippen LogP contribution is -2.36. The van der Waals surface area contributed by atoms with Crippen LogP contribution in [-0.4, -0.2) is 24.6 Å². The molecule has 2 heterocycles. The van der Waals surface area contributed by atoms with Crippen LogP contribution < -0.4 is 15.4 Å². The van der Waals surface area contributed by atoms with Gasteiger partial charge in [-0.2, -0.15) is 0 Å². The van der Waals surface area contributed by atoms with Crippen LogP contribution in [0, 0.1) is 6.92 Å². The average Bonchev–Trinajstić information content (AvgIpc) is 3.00. The summed E-state index contributed by atoms with van der Waals surface area (Å²) in [6.45, 7) is 5.93. The van der Waals surface area contributed by atoms with Crippen LogP contribution >= 0.6 is 0 Å². The highest BCUT2D eigenvalue weighted by Crippen LogP contribution is 2.24. The van der Waals surface area contributed by atoms with Gasteiger partial charge in [-0.3, -0.25) is 0 Å². The Morgan fingerprint density at radius 2 is 2.04 bits per heavy atom. The fourth-order valence-corrected chi connectivity index (χ4v) is 2.79. The quantitative estimate of drug-likeness (QED) is 0.525. The lowest BCUT2D eigenvalue weighted by Gasteiger charge is -2.11. The molecule has 0 atom stereocenters. The number of hydrogen-bond donors (Lipinski definition) is 2. The summed E-state index contributed by atoms with van der Waals surface area (Å²) in [6.07, 6.45) is 1.71. The molecular weight excluding hydrogens is 328 g/mol. The van der Waals surface area contributed by atoms with Crippen LogP contribution in [0.2, 0.25) is 0 Å². The van der Waals surface area contributed by atoms with Crippen molar-refractivity contribution >= 4 is 16.9 Å². The lowest BCUT2D eigenvalue weighted by atomic mass is 10.1. The van der Waals surface area contributed by atoms with E-state index < -0.39 is 0 Å². The van der Waals surface area contributed by atoms with Gasteiger partial charge in [-0.05, 0) is 26.0 Å². The first-order valence-corrected chi connectivity index (χ1v) is 8.70. The third-order valence-corrected chi connectivity index (χ3v) is 4.15. The summed E-state index contributed by atoms with van der Waals surface area (Å²) in [5, 5.41) is 7.72. The number of methoxy groups -OCH3 is 1. The minimum absolute atomic E-state index is 0.478. The third kappa shape index (κ3) is 3.96. The maximum absolute atomic E-state index is 5.95. The number of aromatic nitrogens is 1. The predicted molar refractivity (Wildman–Crippen MR) is 103 cm³/mol. The smallest absolute Gasteiger partial charge is 0.218 e. The Kier molecular flexibility index (Phi) is 5.73. The number of nitrogens with one attached hydrogen (secondary N) is 2. The normalized spacial score (nSPS) is 11.6. The summed E-state index contributed by atoms with van der Waals surface area (Å²) < 4.78 is 11.2. The van der Waals surface area contributed by atoms with E-state index in [1.54, 1.807) is 13.3 Å². The molecule has 0 amide bonds. The zero-order chi connectivity index (χ0) is 18.4. The van der Waals surface area contributed by atoms with Gasteiger partial charge in [0.2, 0.25) is 5.88 Å². The molecule has 0 fully saturated rings. The number of hydrogen-bond acceptors (Lipinski definition) is 4. The van der Waals surface area contributed by atoms with E-state index in [0.29, 0.717) is 19.0 Å². The fraction of sp³-hybridized carbons (Fsp3) is 0.300. The molecule has 3 rings (SSSR count). The van der Waals surface area contributed by atoms with Gasteiger partial charge in [-0.15, -0.1) is 0 Å². The van der Waals surface area contributed by atoms with Gasteiger partial charge in [0.05, 0.1) is 20.2 Å². The highest BCUT2D eigenvalue weighted by molar-refractivity contribution is 5.83. The van der Waals surface area contributed by atoms with Crippen LogP contribution in [0.4, 0.5) is 0 Å². The van der Waals surface area contributed by atoms with Crippen molar-refractivity contribution in [3.05, 3.63) is 59.5 Å². The second-order valence-electron chi connectivity index (χ2n) is 5.87. The van der Waals surface area contributed by atoms with Crippen LogP contribution in [0.5, 0.6) is 5.88 Å². The Morgan fingerprint density at radius 1 is 1.19 bits per heavy atom. The molecule has 0 radical (unpaired) electrons. The number of para-hydroxylation sites is 1. The molecule has 2 aromatic heterocycles. The van der Waals surface area contributed by atoms with Gasteiger partial charge in [-0.25, -0.2) is 9.98 Å². The molecule has 0 aliphatic carbocycles. The van der Waals surface area contributed by atoms with Crippen LogP contribution in [-0.2, 0) is 13.1 Å².